The van der Waals surface area contributed by atoms with Gasteiger partial charge in [-0.1, -0.05) is 0 Å². The van der Waals surface area contributed by atoms with Crippen LogP contribution in [-0.4, -0.2) is 37.2 Å². The number of hydrogen-bond donors (Lipinski definition) is 1. The number of amides is 1. The normalized spacial score (nSPS) is 10.7. The van der Waals surface area contributed by atoms with E-state index in [4.69, 9.17) is 18.6 Å². The van der Waals surface area contributed by atoms with E-state index in [1.54, 1.807) is 49.0 Å². The number of rotatable bonds is 8. The maximum atomic E-state index is 12.3. The van der Waals surface area contributed by atoms with Crippen LogP contribution in [0.25, 0.3) is 17.5 Å². The number of furan rings is 1. The monoisotopic (exact) mass is 395 g/mol. The molecule has 0 saturated heterocycles. The fourth-order valence-corrected chi connectivity index (χ4v) is 2.71. The summed E-state index contributed by atoms with van der Waals surface area (Å²) in [6.45, 7) is 0.211. The van der Waals surface area contributed by atoms with Gasteiger partial charge in [-0.25, -0.2) is 4.98 Å². The van der Waals surface area contributed by atoms with E-state index in [1.165, 1.54) is 27.4 Å². The van der Waals surface area contributed by atoms with Gasteiger partial charge in [0.1, 0.15) is 5.69 Å². The van der Waals surface area contributed by atoms with E-state index in [-0.39, 0.29) is 12.5 Å². The van der Waals surface area contributed by atoms with Crippen LogP contribution in [0.3, 0.4) is 0 Å². The van der Waals surface area contributed by atoms with Crippen LogP contribution >= 0.6 is 0 Å². The largest absolute Gasteiger partial charge is 0.493 e. The van der Waals surface area contributed by atoms with Crippen LogP contribution in [0.5, 0.6) is 17.2 Å². The van der Waals surface area contributed by atoms with Gasteiger partial charge in [0, 0.05) is 18.5 Å². The Morgan fingerprint density at radius 2 is 1.83 bits per heavy atom. The van der Waals surface area contributed by atoms with Crippen LogP contribution in [0, 0.1) is 0 Å². The molecule has 3 rings (SSSR count). The van der Waals surface area contributed by atoms with Crippen LogP contribution in [0.2, 0.25) is 0 Å². The minimum Gasteiger partial charge on any atom is -0.493 e. The topological polar surface area (TPSA) is 95.7 Å². The second kappa shape index (κ2) is 9.41. The molecule has 1 N–H and O–H groups in total. The molecule has 0 aliphatic heterocycles. The van der Waals surface area contributed by atoms with Crippen molar-refractivity contribution in [2.24, 2.45) is 0 Å². The van der Waals surface area contributed by atoms with E-state index in [0.29, 0.717) is 34.4 Å². The Balaban J connectivity index is 1.70. The molecule has 0 unspecified atom stereocenters. The highest BCUT2D eigenvalue weighted by atomic mass is 16.5. The average molecular weight is 395 g/mol. The summed E-state index contributed by atoms with van der Waals surface area (Å²) in [5, 5.41) is 2.79. The Labute approximate surface area is 168 Å². The van der Waals surface area contributed by atoms with E-state index >= 15 is 0 Å². The van der Waals surface area contributed by atoms with E-state index in [9.17, 15) is 4.79 Å². The third-order valence-corrected chi connectivity index (χ3v) is 4.07. The maximum absolute atomic E-state index is 12.3. The van der Waals surface area contributed by atoms with Gasteiger partial charge in [0.15, 0.2) is 17.3 Å². The number of nitrogens with one attached hydrogen (secondary N) is 1. The number of nitrogens with zero attached hydrogens (tertiary/aromatic N) is 2. The molecule has 0 atom stereocenters. The first-order valence-electron chi connectivity index (χ1n) is 8.76. The first-order chi connectivity index (χ1) is 14.2. The zero-order valence-electron chi connectivity index (χ0n) is 16.3. The van der Waals surface area contributed by atoms with E-state index in [2.05, 4.69) is 15.3 Å². The van der Waals surface area contributed by atoms with Crippen molar-refractivity contribution in [3.8, 4) is 28.7 Å². The van der Waals surface area contributed by atoms with Gasteiger partial charge in [-0.3, -0.25) is 9.78 Å². The molecule has 8 nitrogen and oxygen atoms in total. The highest BCUT2D eigenvalue weighted by molar-refractivity contribution is 5.92. The third-order valence-electron chi connectivity index (χ3n) is 4.07. The van der Waals surface area contributed by atoms with Crippen LogP contribution < -0.4 is 19.5 Å². The van der Waals surface area contributed by atoms with Crippen molar-refractivity contribution in [3.63, 3.8) is 0 Å². The molecule has 0 aliphatic carbocycles. The molecular weight excluding hydrogens is 374 g/mol. The van der Waals surface area contributed by atoms with Crippen molar-refractivity contribution < 1.29 is 23.4 Å². The van der Waals surface area contributed by atoms with Crippen molar-refractivity contribution in [1.82, 2.24) is 15.3 Å². The summed E-state index contributed by atoms with van der Waals surface area (Å²) in [7, 11) is 4.61. The lowest BCUT2D eigenvalue weighted by atomic mass is 10.1. The molecule has 3 aromatic rings. The van der Waals surface area contributed by atoms with E-state index in [1.807, 2.05) is 0 Å². The number of hydrogen-bond acceptors (Lipinski definition) is 7. The molecule has 0 spiro atoms. The van der Waals surface area contributed by atoms with Crippen molar-refractivity contribution >= 4 is 12.0 Å². The summed E-state index contributed by atoms with van der Waals surface area (Å²) in [5.74, 6) is 1.82. The molecule has 0 bridgehead atoms. The molecule has 8 heteroatoms. The van der Waals surface area contributed by atoms with Crippen LogP contribution in [0.4, 0.5) is 0 Å². The van der Waals surface area contributed by atoms with Gasteiger partial charge >= 0.3 is 0 Å². The summed E-state index contributed by atoms with van der Waals surface area (Å²) >= 11 is 0. The lowest BCUT2D eigenvalue weighted by Gasteiger charge is -2.12. The van der Waals surface area contributed by atoms with Crippen LogP contribution in [0.15, 0.2) is 53.4 Å². The molecule has 2 heterocycles. The zero-order chi connectivity index (χ0) is 20.6. The smallest absolute Gasteiger partial charge is 0.244 e. The van der Waals surface area contributed by atoms with Crippen molar-refractivity contribution in [3.05, 3.63) is 60.3 Å². The summed E-state index contributed by atoms with van der Waals surface area (Å²) in [4.78, 5) is 20.8. The maximum Gasteiger partial charge on any atom is 0.244 e. The molecule has 1 amide bonds. The highest BCUT2D eigenvalue weighted by Crippen LogP contribution is 2.38. The molecule has 2 aromatic heterocycles. The first-order valence-corrected chi connectivity index (χ1v) is 8.76. The lowest BCUT2D eigenvalue weighted by Crippen LogP contribution is -2.21. The van der Waals surface area contributed by atoms with E-state index < -0.39 is 0 Å². The van der Waals surface area contributed by atoms with Crippen molar-refractivity contribution in [2.75, 3.05) is 21.3 Å². The quantitative estimate of drug-likeness (QED) is 0.586. The number of carbonyl (C=O) groups is 1. The Morgan fingerprint density at radius 1 is 1.10 bits per heavy atom. The SMILES string of the molecule is COc1cc(/C=C/C(=O)NCc2nccnc2-c2ccco2)cc(OC)c1OC. The van der Waals surface area contributed by atoms with Gasteiger partial charge in [0.25, 0.3) is 0 Å². The molecular formula is C21H21N3O5. The Kier molecular flexibility index (Phi) is 6.47. The van der Waals surface area contributed by atoms with E-state index in [0.717, 1.165) is 5.56 Å². The second-order valence-electron chi connectivity index (χ2n) is 5.84. The predicted molar refractivity (Wildman–Crippen MR) is 107 cm³/mol. The van der Waals surface area contributed by atoms with Crippen LogP contribution in [0.1, 0.15) is 11.3 Å². The predicted octanol–water partition coefficient (Wildman–Crippen LogP) is 3.09. The van der Waals surface area contributed by atoms with Gasteiger partial charge in [0.05, 0.1) is 39.8 Å². The second-order valence-corrected chi connectivity index (χ2v) is 5.84. The van der Waals surface area contributed by atoms with Gasteiger partial charge in [-0.05, 0) is 35.9 Å². The Hall–Kier alpha value is -3.81. The fraction of sp³-hybridized carbons (Fsp3) is 0.190. The molecule has 1 aromatic carbocycles. The number of ether oxygens (including phenoxy) is 3. The average Bonchev–Trinajstić information content (AvgIpc) is 3.30. The molecule has 29 heavy (non-hydrogen) atoms. The third kappa shape index (κ3) is 4.73. The number of aromatic nitrogens is 2. The Morgan fingerprint density at radius 3 is 2.45 bits per heavy atom. The standard InChI is InChI=1S/C21H21N3O5/c1-26-17-11-14(12-18(27-2)21(17)28-3)6-7-19(25)24-13-15-20(23-9-8-22-15)16-5-4-10-29-16/h4-12H,13H2,1-3H3,(H,24,25)/b7-6+. The zero-order valence-corrected chi connectivity index (χ0v) is 16.3. The van der Waals surface area contributed by atoms with Gasteiger partial charge in [-0.15, -0.1) is 0 Å². The van der Waals surface area contributed by atoms with Crippen molar-refractivity contribution in [2.45, 2.75) is 6.54 Å². The number of carbonyl (C=O) groups excluding carboxylic acids is 1. The molecule has 0 radical (unpaired) electrons. The van der Waals surface area contributed by atoms with Crippen LogP contribution in [-0.2, 0) is 11.3 Å². The molecule has 0 saturated carbocycles. The van der Waals surface area contributed by atoms with Gasteiger partial charge in [-0.2, -0.15) is 0 Å². The summed E-state index contributed by atoms with van der Waals surface area (Å²) in [6, 6.07) is 7.07. The fourth-order valence-electron chi connectivity index (χ4n) is 2.71. The van der Waals surface area contributed by atoms with Gasteiger partial charge < -0.3 is 23.9 Å². The number of benzene rings is 1. The summed E-state index contributed by atoms with van der Waals surface area (Å²) in [6.07, 6.45) is 7.78. The highest BCUT2D eigenvalue weighted by Gasteiger charge is 2.13. The molecule has 0 fully saturated rings. The first kappa shape index (κ1) is 19.9. The summed E-state index contributed by atoms with van der Waals surface area (Å²) in [5.41, 5.74) is 1.92. The van der Waals surface area contributed by atoms with Gasteiger partial charge in [0.2, 0.25) is 11.7 Å². The number of methoxy groups -OCH3 is 3. The minimum absolute atomic E-state index is 0.211. The summed E-state index contributed by atoms with van der Waals surface area (Å²) < 4.78 is 21.3. The minimum atomic E-state index is -0.283. The van der Waals surface area contributed by atoms with Crippen molar-refractivity contribution in [1.29, 1.82) is 0 Å². The Bertz CT molecular complexity index is 974. The molecule has 150 valence electrons. The molecule has 0 aliphatic rings. The lowest BCUT2D eigenvalue weighted by molar-refractivity contribution is -0.116.